The van der Waals surface area contributed by atoms with Gasteiger partial charge in [0, 0.05) is 35.3 Å². The van der Waals surface area contributed by atoms with Crippen LogP contribution in [0, 0.1) is 6.92 Å². The number of aromatic nitrogens is 3. The quantitative estimate of drug-likeness (QED) is 0.796. The summed E-state index contributed by atoms with van der Waals surface area (Å²) in [5.74, 6) is 0. The van der Waals surface area contributed by atoms with E-state index in [1.165, 1.54) is 0 Å². The highest BCUT2D eigenvalue weighted by Gasteiger charge is 2.04. The minimum Gasteiger partial charge on any atom is -0.379 e. The van der Waals surface area contributed by atoms with Gasteiger partial charge in [0.2, 0.25) is 0 Å². The van der Waals surface area contributed by atoms with E-state index in [1.54, 1.807) is 12.4 Å². The van der Waals surface area contributed by atoms with Crippen molar-refractivity contribution in [3.8, 4) is 0 Å². The molecule has 0 unspecified atom stereocenters. The van der Waals surface area contributed by atoms with Gasteiger partial charge in [0.1, 0.15) is 5.52 Å². The fourth-order valence-corrected chi connectivity index (χ4v) is 2.27. The first-order chi connectivity index (χ1) is 9.72. The van der Waals surface area contributed by atoms with Crippen molar-refractivity contribution in [1.82, 2.24) is 15.0 Å². The van der Waals surface area contributed by atoms with Crippen LogP contribution in [-0.4, -0.2) is 15.0 Å². The first-order valence-electron chi connectivity index (χ1n) is 6.28. The molecule has 0 radical (unpaired) electrons. The Morgan fingerprint density at radius 2 is 2.00 bits per heavy atom. The molecule has 3 heterocycles. The second-order valence-corrected chi connectivity index (χ2v) is 5.46. The van der Waals surface area contributed by atoms with Crippen molar-refractivity contribution >= 4 is 32.7 Å². The highest BCUT2D eigenvalue weighted by atomic mass is 79.9. The average molecular weight is 329 g/mol. The monoisotopic (exact) mass is 328 g/mol. The molecule has 0 amide bonds. The van der Waals surface area contributed by atoms with Crippen LogP contribution in [0.4, 0.5) is 5.69 Å². The van der Waals surface area contributed by atoms with E-state index in [0.717, 1.165) is 32.5 Å². The van der Waals surface area contributed by atoms with Gasteiger partial charge >= 0.3 is 0 Å². The van der Waals surface area contributed by atoms with Crippen LogP contribution in [0.25, 0.3) is 11.0 Å². The Balaban J connectivity index is 1.85. The Morgan fingerprint density at radius 3 is 2.80 bits per heavy atom. The van der Waals surface area contributed by atoms with Crippen molar-refractivity contribution in [3.63, 3.8) is 0 Å². The standard InChI is InChI=1S/C15H13BrN4/c1-10-2-3-11(7-18-10)8-19-13-4-5-17-14-6-12(16)9-20-15(13)14/h2-7,9H,8H2,1H3,(H,17,19). The summed E-state index contributed by atoms with van der Waals surface area (Å²) in [5.41, 5.74) is 4.87. The summed E-state index contributed by atoms with van der Waals surface area (Å²) in [6, 6.07) is 7.98. The lowest BCUT2D eigenvalue weighted by molar-refractivity contribution is 1.08. The number of fused-ring (bicyclic) bond motifs is 1. The summed E-state index contributed by atoms with van der Waals surface area (Å²) >= 11 is 3.41. The summed E-state index contributed by atoms with van der Waals surface area (Å²) in [6.07, 6.45) is 5.45. The second-order valence-electron chi connectivity index (χ2n) is 4.54. The molecular formula is C15H13BrN4. The number of anilines is 1. The van der Waals surface area contributed by atoms with Gasteiger partial charge in [-0.05, 0) is 46.6 Å². The Hall–Kier alpha value is -2.01. The first kappa shape index (κ1) is 13.0. The van der Waals surface area contributed by atoms with Crippen LogP contribution < -0.4 is 5.32 Å². The number of pyridine rings is 3. The van der Waals surface area contributed by atoms with Crippen molar-refractivity contribution in [1.29, 1.82) is 0 Å². The van der Waals surface area contributed by atoms with Crippen LogP contribution in [0.5, 0.6) is 0 Å². The van der Waals surface area contributed by atoms with E-state index in [9.17, 15) is 0 Å². The SMILES string of the molecule is Cc1ccc(CNc2ccnc3cc(Br)cnc23)cn1. The highest BCUT2D eigenvalue weighted by molar-refractivity contribution is 9.10. The molecule has 0 fully saturated rings. The summed E-state index contributed by atoms with van der Waals surface area (Å²) in [4.78, 5) is 13.0. The number of hydrogen-bond acceptors (Lipinski definition) is 4. The first-order valence-corrected chi connectivity index (χ1v) is 7.07. The summed E-state index contributed by atoms with van der Waals surface area (Å²) < 4.78 is 0.928. The summed E-state index contributed by atoms with van der Waals surface area (Å²) in [5, 5.41) is 3.39. The zero-order valence-electron chi connectivity index (χ0n) is 11.0. The molecule has 0 saturated carbocycles. The van der Waals surface area contributed by atoms with E-state index in [4.69, 9.17) is 0 Å². The zero-order valence-corrected chi connectivity index (χ0v) is 12.6. The Bertz CT molecular complexity index is 740. The number of hydrogen-bond donors (Lipinski definition) is 1. The molecule has 0 bridgehead atoms. The summed E-state index contributed by atoms with van der Waals surface area (Å²) in [7, 11) is 0. The van der Waals surface area contributed by atoms with Crippen LogP contribution in [-0.2, 0) is 6.54 Å². The third-order valence-corrected chi connectivity index (χ3v) is 3.43. The topological polar surface area (TPSA) is 50.7 Å². The fraction of sp³-hybridized carbons (Fsp3) is 0.133. The molecule has 100 valence electrons. The highest BCUT2D eigenvalue weighted by Crippen LogP contribution is 2.22. The van der Waals surface area contributed by atoms with Gasteiger partial charge < -0.3 is 5.32 Å². The largest absolute Gasteiger partial charge is 0.379 e. The van der Waals surface area contributed by atoms with Gasteiger partial charge in [0.15, 0.2) is 0 Å². The Labute approximate surface area is 125 Å². The molecule has 3 rings (SSSR count). The van der Waals surface area contributed by atoms with Crippen LogP contribution in [0.1, 0.15) is 11.3 Å². The maximum atomic E-state index is 4.42. The van der Waals surface area contributed by atoms with Gasteiger partial charge in [-0.1, -0.05) is 6.07 Å². The van der Waals surface area contributed by atoms with Gasteiger partial charge in [-0.15, -0.1) is 0 Å². The molecule has 20 heavy (non-hydrogen) atoms. The Morgan fingerprint density at radius 1 is 1.10 bits per heavy atom. The molecule has 4 nitrogen and oxygen atoms in total. The van der Waals surface area contributed by atoms with E-state index < -0.39 is 0 Å². The Kier molecular flexibility index (Phi) is 3.60. The number of nitrogens with zero attached hydrogens (tertiary/aromatic N) is 3. The molecule has 0 atom stereocenters. The average Bonchev–Trinajstić information content (AvgIpc) is 2.46. The van der Waals surface area contributed by atoms with Crippen molar-refractivity contribution in [2.24, 2.45) is 0 Å². The lowest BCUT2D eigenvalue weighted by Gasteiger charge is -2.09. The lowest BCUT2D eigenvalue weighted by Crippen LogP contribution is -2.01. The van der Waals surface area contributed by atoms with Crippen molar-refractivity contribution in [2.45, 2.75) is 13.5 Å². The number of nitrogens with one attached hydrogen (secondary N) is 1. The third kappa shape index (κ3) is 2.77. The maximum Gasteiger partial charge on any atom is 0.112 e. The molecule has 3 aromatic heterocycles. The van der Waals surface area contributed by atoms with Crippen LogP contribution in [0.15, 0.2) is 47.3 Å². The van der Waals surface area contributed by atoms with E-state index in [0.29, 0.717) is 6.54 Å². The molecule has 5 heteroatoms. The molecule has 3 aromatic rings. The molecule has 0 aliphatic heterocycles. The van der Waals surface area contributed by atoms with Crippen molar-refractivity contribution in [2.75, 3.05) is 5.32 Å². The van der Waals surface area contributed by atoms with Crippen molar-refractivity contribution < 1.29 is 0 Å². The molecule has 0 aliphatic rings. The second kappa shape index (κ2) is 5.54. The molecule has 0 aliphatic carbocycles. The maximum absolute atomic E-state index is 4.42. The van der Waals surface area contributed by atoms with Gasteiger partial charge in [-0.3, -0.25) is 15.0 Å². The van der Waals surface area contributed by atoms with E-state index >= 15 is 0 Å². The van der Waals surface area contributed by atoms with Gasteiger partial charge in [0.25, 0.3) is 0 Å². The van der Waals surface area contributed by atoms with E-state index in [2.05, 4.69) is 42.3 Å². The number of halogens is 1. The van der Waals surface area contributed by atoms with E-state index in [1.807, 2.05) is 31.3 Å². The smallest absolute Gasteiger partial charge is 0.112 e. The molecule has 1 N–H and O–H groups in total. The lowest BCUT2D eigenvalue weighted by atomic mass is 10.2. The van der Waals surface area contributed by atoms with E-state index in [-0.39, 0.29) is 0 Å². The minimum atomic E-state index is 0.712. The van der Waals surface area contributed by atoms with Crippen LogP contribution >= 0.6 is 15.9 Å². The van der Waals surface area contributed by atoms with Gasteiger partial charge in [0.05, 0.1) is 11.2 Å². The molecular weight excluding hydrogens is 316 g/mol. The fourth-order valence-electron chi connectivity index (χ4n) is 1.95. The predicted octanol–water partition coefficient (Wildman–Crippen LogP) is 3.71. The van der Waals surface area contributed by atoms with Crippen LogP contribution in [0.2, 0.25) is 0 Å². The molecule has 0 saturated heterocycles. The molecule has 0 spiro atoms. The van der Waals surface area contributed by atoms with Gasteiger partial charge in [-0.25, -0.2) is 0 Å². The summed E-state index contributed by atoms with van der Waals surface area (Å²) in [6.45, 7) is 2.69. The van der Waals surface area contributed by atoms with Crippen molar-refractivity contribution in [3.05, 3.63) is 58.6 Å². The normalized spacial score (nSPS) is 10.7. The third-order valence-electron chi connectivity index (χ3n) is 3.00. The predicted molar refractivity (Wildman–Crippen MR) is 83.5 cm³/mol. The minimum absolute atomic E-state index is 0.712. The van der Waals surface area contributed by atoms with Crippen LogP contribution in [0.3, 0.4) is 0 Å². The zero-order chi connectivity index (χ0) is 13.9. The number of aryl methyl sites for hydroxylation is 1. The number of rotatable bonds is 3. The van der Waals surface area contributed by atoms with Gasteiger partial charge in [-0.2, -0.15) is 0 Å². The molecule has 0 aromatic carbocycles.